The minimum atomic E-state index is -0.320. The van der Waals surface area contributed by atoms with E-state index in [4.69, 9.17) is 0 Å². The monoisotopic (exact) mass is 235 g/mol. The molecule has 1 fully saturated rings. The van der Waals surface area contributed by atoms with Gasteiger partial charge >= 0.3 is 0 Å². The van der Waals surface area contributed by atoms with Gasteiger partial charge in [0.25, 0.3) is 0 Å². The number of unbranched alkanes of at least 4 members (excludes halogenated alkanes) is 1. The smallest absolute Gasteiger partial charge is 0.183 e. The lowest BCUT2D eigenvalue weighted by Gasteiger charge is -2.16. The van der Waals surface area contributed by atoms with Gasteiger partial charge in [-0.3, -0.25) is 0 Å². The van der Waals surface area contributed by atoms with E-state index in [1.54, 1.807) is 0 Å². The molecule has 0 atom stereocenters. The zero-order valence-electron chi connectivity index (χ0n) is 10.2. The molecule has 0 N–H and O–H groups in total. The predicted octanol–water partition coefficient (Wildman–Crippen LogP) is 3.03. The molecule has 1 aromatic rings. The minimum Gasteiger partial charge on any atom is -0.354 e. The minimum absolute atomic E-state index is 0.320. The second kappa shape index (κ2) is 5.75. The highest BCUT2D eigenvalue weighted by Crippen LogP contribution is 2.20. The Labute approximate surface area is 101 Å². The number of halogens is 1. The Hall–Kier alpha value is -1.45. The van der Waals surface area contributed by atoms with Crippen molar-refractivity contribution in [2.24, 2.45) is 0 Å². The summed E-state index contributed by atoms with van der Waals surface area (Å²) < 4.78 is 13.6. The van der Waals surface area contributed by atoms with Crippen molar-refractivity contribution in [3.05, 3.63) is 23.9 Å². The Morgan fingerprint density at radius 1 is 1.41 bits per heavy atom. The molecule has 0 spiro atoms. The SMILES string of the molecule is CCC/C=C/c1ncc(F)c(N2CCCC2)n1. The van der Waals surface area contributed by atoms with Crippen LogP contribution in [0.2, 0.25) is 0 Å². The van der Waals surface area contributed by atoms with Crippen molar-refractivity contribution in [1.82, 2.24) is 9.97 Å². The van der Waals surface area contributed by atoms with Crippen molar-refractivity contribution in [3.8, 4) is 0 Å². The van der Waals surface area contributed by atoms with Gasteiger partial charge in [0.1, 0.15) is 0 Å². The number of rotatable bonds is 4. The molecule has 0 radical (unpaired) electrons. The van der Waals surface area contributed by atoms with Crippen molar-refractivity contribution in [3.63, 3.8) is 0 Å². The molecule has 17 heavy (non-hydrogen) atoms. The summed E-state index contributed by atoms with van der Waals surface area (Å²) in [7, 11) is 0. The maximum Gasteiger partial charge on any atom is 0.183 e. The van der Waals surface area contributed by atoms with Gasteiger partial charge in [0.15, 0.2) is 17.5 Å². The topological polar surface area (TPSA) is 29.0 Å². The summed E-state index contributed by atoms with van der Waals surface area (Å²) in [5.74, 6) is 0.731. The Morgan fingerprint density at radius 3 is 2.88 bits per heavy atom. The summed E-state index contributed by atoms with van der Waals surface area (Å²) in [6.07, 6.45) is 9.49. The molecule has 0 amide bonds. The average molecular weight is 235 g/mol. The molecule has 0 aliphatic carbocycles. The van der Waals surface area contributed by atoms with Crippen LogP contribution in [-0.2, 0) is 0 Å². The van der Waals surface area contributed by atoms with Crippen molar-refractivity contribution < 1.29 is 4.39 Å². The van der Waals surface area contributed by atoms with Crippen LogP contribution < -0.4 is 4.90 Å². The number of aromatic nitrogens is 2. The van der Waals surface area contributed by atoms with Gasteiger partial charge in [0.2, 0.25) is 0 Å². The Bertz CT molecular complexity index is 398. The number of anilines is 1. The van der Waals surface area contributed by atoms with E-state index in [-0.39, 0.29) is 5.82 Å². The lowest BCUT2D eigenvalue weighted by atomic mass is 10.3. The van der Waals surface area contributed by atoms with Gasteiger partial charge in [0.05, 0.1) is 6.20 Å². The molecule has 4 heteroatoms. The summed E-state index contributed by atoms with van der Waals surface area (Å²) >= 11 is 0. The first-order valence-corrected chi connectivity index (χ1v) is 6.25. The van der Waals surface area contributed by atoms with Crippen LogP contribution in [0.1, 0.15) is 38.4 Å². The lowest BCUT2D eigenvalue weighted by molar-refractivity contribution is 0.607. The molecule has 1 aromatic heterocycles. The first kappa shape index (κ1) is 12.0. The fourth-order valence-corrected chi connectivity index (χ4v) is 1.96. The summed E-state index contributed by atoms with van der Waals surface area (Å²) in [5, 5.41) is 0. The number of nitrogens with zero attached hydrogens (tertiary/aromatic N) is 3. The predicted molar refractivity (Wildman–Crippen MR) is 67.4 cm³/mol. The Kier molecular flexibility index (Phi) is 4.07. The fourth-order valence-electron chi connectivity index (χ4n) is 1.96. The third kappa shape index (κ3) is 3.02. The van der Waals surface area contributed by atoms with Crippen LogP contribution in [0.25, 0.3) is 6.08 Å². The van der Waals surface area contributed by atoms with Crippen LogP contribution in [0, 0.1) is 5.82 Å². The number of hydrogen-bond acceptors (Lipinski definition) is 3. The van der Waals surface area contributed by atoms with E-state index in [1.807, 2.05) is 17.1 Å². The van der Waals surface area contributed by atoms with Crippen LogP contribution in [-0.4, -0.2) is 23.1 Å². The molecule has 1 aliphatic heterocycles. The Balaban J connectivity index is 2.16. The summed E-state index contributed by atoms with van der Waals surface area (Å²) in [6, 6.07) is 0. The van der Waals surface area contributed by atoms with Crippen molar-refractivity contribution in [2.45, 2.75) is 32.6 Å². The van der Waals surface area contributed by atoms with E-state index >= 15 is 0 Å². The quantitative estimate of drug-likeness (QED) is 0.803. The number of hydrogen-bond donors (Lipinski definition) is 0. The average Bonchev–Trinajstić information content (AvgIpc) is 2.85. The zero-order valence-corrected chi connectivity index (χ0v) is 10.2. The molecule has 0 aromatic carbocycles. The maximum absolute atomic E-state index is 13.6. The lowest BCUT2D eigenvalue weighted by Crippen LogP contribution is -2.21. The second-order valence-corrected chi connectivity index (χ2v) is 4.28. The highest BCUT2D eigenvalue weighted by atomic mass is 19.1. The van der Waals surface area contributed by atoms with Crippen molar-refractivity contribution in [2.75, 3.05) is 18.0 Å². The van der Waals surface area contributed by atoms with Gasteiger partial charge in [-0.05, 0) is 25.3 Å². The summed E-state index contributed by atoms with van der Waals surface area (Å²) in [6.45, 7) is 3.91. The van der Waals surface area contributed by atoms with E-state index in [0.29, 0.717) is 11.6 Å². The molecular formula is C13H18FN3. The molecule has 0 saturated carbocycles. The van der Waals surface area contributed by atoms with Gasteiger partial charge in [-0.25, -0.2) is 14.4 Å². The fraction of sp³-hybridized carbons (Fsp3) is 0.538. The van der Waals surface area contributed by atoms with Gasteiger partial charge in [-0.2, -0.15) is 0 Å². The van der Waals surface area contributed by atoms with E-state index < -0.39 is 0 Å². The highest BCUT2D eigenvalue weighted by molar-refractivity contribution is 5.47. The molecule has 1 aliphatic rings. The van der Waals surface area contributed by atoms with Gasteiger partial charge in [0, 0.05) is 13.1 Å². The van der Waals surface area contributed by atoms with Gasteiger partial charge in [-0.1, -0.05) is 19.4 Å². The molecule has 3 nitrogen and oxygen atoms in total. The van der Waals surface area contributed by atoms with Crippen LogP contribution >= 0.6 is 0 Å². The molecule has 92 valence electrons. The van der Waals surface area contributed by atoms with Crippen LogP contribution in [0.15, 0.2) is 12.3 Å². The summed E-state index contributed by atoms with van der Waals surface area (Å²) in [5.41, 5.74) is 0. The van der Waals surface area contributed by atoms with E-state index in [9.17, 15) is 4.39 Å². The van der Waals surface area contributed by atoms with Crippen molar-refractivity contribution >= 4 is 11.9 Å². The second-order valence-electron chi connectivity index (χ2n) is 4.28. The summed E-state index contributed by atoms with van der Waals surface area (Å²) in [4.78, 5) is 10.3. The van der Waals surface area contributed by atoms with E-state index in [0.717, 1.165) is 38.8 Å². The third-order valence-corrected chi connectivity index (χ3v) is 2.87. The van der Waals surface area contributed by atoms with Gasteiger partial charge < -0.3 is 4.90 Å². The molecule has 0 bridgehead atoms. The third-order valence-electron chi connectivity index (χ3n) is 2.87. The normalized spacial score (nSPS) is 16.0. The molecule has 2 heterocycles. The molecule has 0 unspecified atom stereocenters. The van der Waals surface area contributed by atoms with Crippen LogP contribution in [0.5, 0.6) is 0 Å². The highest BCUT2D eigenvalue weighted by Gasteiger charge is 2.17. The first-order chi connectivity index (χ1) is 8.31. The Morgan fingerprint density at radius 2 is 2.18 bits per heavy atom. The van der Waals surface area contributed by atoms with Crippen LogP contribution in [0.4, 0.5) is 10.2 Å². The van der Waals surface area contributed by atoms with E-state index in [2.05, 4.69) is 16.9 Å². The van der Waals surface area contributed by atoms with Crippen molar-refractivity contribution in [1.29, 1.82) is 0 Å². The van der Waals surface area contributed by atoms with Gasteiger partial charge in [-0.15, -0.1) is 0 Å². The molecule has 2 rings (SSSR count). The zero-order chi connectivity index (χ0) is 12.1. The molecule has 1 saturated heterocycles. The largest absolute Gasteiger partial charge is 0.354 e. The maximum atomic E-state index is 13.6. The van der Waals surface area contributed by atoms with E-state index in [1.165, 1.54) is 6.20 Å². The standard InChI is InChI=1S/C13H18FN3/c1-2-3-4-7-12-15-10-11(14)13(16-12)17-8-5-6-9-17/h4,7,10H,2-3,5-6,8-9H2,1H3/b7-4+. The first-order valence-electron chi connectivity index (χ1n) is 6.25. The number of allylic oxidation sites excluding steroid dienone is 1. The van der Waals surface area contributed by atoms with Crippen LogP contribution in [0.3, 0.4) is 0 Å². The molecular weight excluding hydrogens is 217 g/mol.